The fourth-order valence-electron chi connectivity index (χ4n) is 3.69. The van der Waals surface area contributed by atoms with Crippen LogP contribution in [0.5, 0.6) is 11.5 Å². The van der Waals surface area contributed by atoms with Gasteiger partial charge in [-0.05, 0) is 88.1 Å². The molecule has 2 heterocycles. The normalized spacial score (nSPS) is 11.2. The lowest BCUT2D eigenvalue weighted by Crippen LogP contribution is -2.00. The Morgan fingerprint density at radius 2 is 1.06 bits per heavy atom. The van der Waals surface area contributed by atoms with Crippen molar-refractivity contribution in [3.8, 4) is 11.5 Å². The second kappa shape index (κ2) is 10.4. The summed E-state index contributed by atoms with van der Waals surface area (Å²) >= 11 is 12.7. The van der Waals surface area contributed by atoms with E-state index in [2.05, 4.69) is 9.97 Å². The molecule has 4 aromatic rings. The van der Waals surface area contributed by atoms with Crippen molar-refractivity contribution >= 4 is 45.0 Å². The van der Waals surface area contributed by atoms with E-state index in [-0.39, 0.29) is 0 Å². The average molecular weight is 469 g/mol. The second-order valence-corrected chi connectivity index (χ2v) is 8.77. The van der Waals surface area contributed by atoms with Gasteiger partial charge in [0.05, 0.1) is 34.3 Å². The third-order valence-corrected chi connectivity index (χ3v) is 5.92. The number of rotatable bonds is 9. The molecule has 0 atom stereocenters. The number of aromatic nitrogens is 2. The van der Waals surface area contributed by atoms with Crippen LogP contribution in [0.2, 0.25) is 10.0 Å². The number of unbranched alkanes of at least 4 members (excludes halogenated alkanes) is 3. The topological polar surface area (TPSA) is 44.2 Å². The molecule has 2 aromatic heterocycles. The van der Waals surface area contributed by atoms with Crippen LogP contribution in [-0.4, -0.2) is 23.2 Å². The molecule has 4 nitrogen and oxygen atoms in total. The molecule has 0 saturated carbocycles. The zero-order chi connectivity index (χ0) is 22.5. The molecular formula is C26H26Cl2N2O2. The Kier molecular flexibility index (Phi) is 7.33. The van der Waals surface area contributed by atoms with Crippen LogP contribution in [0.4, 0.5) is 0 Å². The van der Waals surface area contributed by atoms with Crippen molar-refractivity contribution in [2.75, 3.05) is 13.2 Å². The van der Waals surface area contributed by atoms with Crippen molar-refractivity contribution < 1.29 is 9.47 Å². The van der Waals surface area contributed by atoms with Gasteiger partial charge in [-0.25, -0.2) is 0 Å². The first-order chi connectivity index (χ1) is 15.5. The number of halogens is 2. The molecule has 0 saturated heterocycles. The molecule has 0 unspecified atom stereocenters. The Morgan fingerprint density at radius 1 is 0.625 bits per heavy atom. The number of nitrogens with zero attached hydrogens (tertiary/aromatic N) is 2. The molecule has 0 spiro atoms. The van der Waals surface area contributed by atoms with Crippen LogP contribution < -0.4 is 9.47 Å². The summed E-state index contributed by atoms with van der Waals surface area (Å²) in [7, 11) is 0. The van der Waals surface area contributed by atoms with Crippen LogP contribution >= 0.6 is 23.2 Å². The van der Waals surface area contributed by atoms with Crippen LogP contribution in [0.1, 0.15) is 37.1 Å². The lowest BCUT2D eigenvalue weighted by molar-refractivity contribution is 0.288. The summed E-state index contributed by atoms with van der Waals surface area (Å²) in [5.41, 5.74) is 3.61. The Balaban J connectivity index is 1.17. The molecule has 4 rings (SSSR count). The number of hydrogen-bond acceptors (Lipinski definition) is 4. The van der Waals surface area contributed by atoms with Crippen LogP contribution in [0.25, 0.3) is 21.8 Å². The van der Waals surface area contributed by atoms with E-state index in [0.29, 0.717) is 23.3 Å². The molecule has 6 heteroatoms. The Morgan fingerprint density at radius 3 is 1.50 bits per heavy atom. The Bertz CT molecular complexity index is 1150. The van der Waals surface area contributed by atoms with Gasteiger partial charge in [-0.2, -0.15) is 0 Å². The smallest absolute Gasteiger partial charge is 0.120 e. The highest BCUT2D eigenvalue weighted by Crippen LogP contribution is 2.28. The maximum atomic E-state index is 6.34. The van der Waals surface area contributed by atoms with Gasteiger partial charge < -0.3 is 9.47 Å². The molecule has 0 amide bonds. The van der Waals surface area contributed by atoms with E-state index >= 15 is 0 Å². The van der Waals surface area contributed by atoms with Gasteiger partial charge in [0.15, 0.2) is 0 Å². The van der Waals surface area contributed by atoms with E-state index in [4.69, 9.17) is 32.7 Å². The standard InChI is InChI=1S/C26H26Cl2N2O2/c1-17-13-23(27)21-15-19(7-9-25(21)29-17)31-11-5-3-4-6-12-32-20-8-10-26-22(16-20)24(28)14-18(2)30-26/h7-10,13-16H,3-6,11-12H2,1-2H3. The van der Waals surface area contributed by atoms with E-state index in [0.717, 1.165) is 70.4 Å². The molecule has 0 aliphatic rings. The lowest BCUT2D eigenvalue weighted by atomic mass is 10.2. The van der Waals surface area contributed by atoms with Crippen molar-refractivity contribution in [1.29, 1.82) is 0 Å². The Hall–Kier alpha value is -2.56. The first-order valence-electron chi connectivity index (χ1n) is 10.9. The number of ether oxygens (including phenoxy) is 2. The van der Waals surface area contributed by atoms with Gasteiger partial charge in [0.25, 0.3) is 0 Å². The van der Waals surface area contributed by atoms with Crippen LogP contribution in [0, 0.1) is 13.8 Å². The summed E-state index contributed by atoms with van der Waals surface area (Å²) in [5.74, 6) is 1.65. The highest BCUT2D eigenvalue weighted by atomic mass is 35.5. The molecule has 2 aromatic carbocycles. The third-order valence-electron chi connectivity index (χ3n) is 5.29. The predicted molar refractivity (Wildman–Crippen MR) is 132 cm³/mol. The summed E-state index contributed by atoms with van der Waals surface area (Å²) in [6.07, 6.45) is 4.17. The van der Waals surface area contributed by atoms with Gasteiger partial charge in [-0.1, -0.05) is 23.2 Å². The summed E-state index contributed by atoms with van der Waals surface area (Å²) < 4.78 is 11.8. The minimum atomic E-state index is 0.679. The van der Waals surface area contributed by atoms with Gasteiger partial charge in [-0.15, -0.1) is 0 Å². The van der Waals surface area contributed by atoms with Crippen molar-refractivity contribution in [2.45, 2.75) is 39.5 Å². The van der Waals surface area contributed by atoms with Crippen molar-refractivity contribution in [3.63, 3.8) is 0 Å². The largest absolute Gasteiger partial charge is 0.494 e. The van der Waals surface area contributed by atoms with Gasteiger partial charge >= 0.3 is 0 Å². The molecule has 0 aliphatic carbocycles. The summed E-state index contributed by atoms with van der Waals surface area (Å²) in [4.78, 5) is 9.00. The molecule has 0 N–H and O–H groups in total. The van der Waals surface area contributed by atoms with Crippen LogP contribution in [-0.2, 0) is 0 Å². The van der Waals surface area contributed by atoms with Gasteiger partial charge in [0.2, 0.25) is 0 Å². The molecular weight excluding hydrogens is 443 g/mol. The molecule has 0 aliphatic heterocycles. The molecule has 0 bridgehead atoms. The van der Waals surface area contributed by atoms with Gasteiger partial charge in [0.1, 0.15) is 11.5 Å². The van der Waals surface area contributed by atoms with Gasteiger partial charge in [0, 0.05) is 22.2 Å². The lowest BCUT2D eigenvalue weighted by Gasteiger charge is -2.09. The molecule has 0 radical (unpaired) electrons. The number of pyridine rings is 2. The predicted octanol–water partition coefficient (Wildman–Crippen LogP) is 7.72. The van der Waals surface area contributed by atoms with Gasteiger partial charge in [-0.3, -0.25) is 9.97 Å². The van der Waals surface area contributed by atoms with Crippen LogP contribution in [0.15, 0.2) is 48.5 Å². The van der Waals surface area contributed by atoms with E-state index < -0.39 is 0 Å². The monoisotopic (exact) mass is 468 g/mol. The molecule has 0 fully saturated rings. The summed E-state index contributed by atoms with van der Waals surface area (Å²) in [5, 5.41) is 3.26. The van der Waals surface area contributed by atoms with E-state index in [1.165, 1.54) is 0 Å². The summed E-state index contributed by atoms with van der Waals surface area (Å²) in [6, 6.07) is 15.5. The number of hydrogen-bond donors (Lipinski definition) is 0. The Labute approximate surface area is 198 Å². The third kappa shape index (κ3) is 5.62. The van der Waals surface area contributed by atoms with E-state index in [1.54, 1.807) is 0 Å². The minimum absolute atomic E-state index is 0.679. The fourth-order valence-corrected chi connectivity index (χ4v) is 4.31. The maximum Gasteiger partial charge on any atom is 0.120 e. The number of aryl methyl sites for hydroxylation is 2. The van der Waals surface area contributed by atoms with Crippen molar-refractivity contribution in [2.24, 2.45) is 0 Å². The minimum Gasteiger partial charge on any atom is -0.494 e. The molecule has 32 heavy (non-hydrogen) atoms. The van der Waals surface area contributed by atoms with Crippen molar-refractivity contribution in [3.05, 3.63) is 70.0 Å². The first-order valence-corrected chi connectivity index (χ1v) is 11.6. The van der Waals surface area contributed by atoms with Crippen molar-refractivity contribution in [1.82, 2.24) is 9.97 Å². The number of fused-ring (bicyclic) bond motifs is 2. The quantitative estimate of drug-likeness (QED) is 0.235. The molecule has 166 valence electrons. The van der Waals surface area contributed by atoms with E-state index in [9.17, 15) is 0 Å². The maximum absolute atomic E-state index is 6.34. The van der Waals surface area contributed by atoms with Crippen LogP contribution in [0.3, 0.4) is 0 Å². The van der Waals surface area contributed by atoms with E-state index in [1.807, 2.05) is 62.4 Å². The zero-order valence-corrected chi connectivity index (χ0v) is 19.8. The highest BCUT2D eigenvalue weighted by molar-refractivity contribution is 6.35. The number of benzene rings is 2. The first kappa shape index (κ1) is 22.6. The second-order valence-electron chi connectivity index (χ2n) is 7.96. The zero-order valence-electron chi connectivity index (χ0n) is 18.3. The SMILES string of the molecule is Cc1cc(Cl)c2cc(OCCCCCCOc3ccc4nc(C)cc(Cl)c4c3)ccc2n1. The average Bonchev–Trinajstić information content (AvgIpc) is 2.76. The summed E-state index contributed by atoms with van der Waals surface area (Å²) in [6.45, 7) is 5.24. The fraction of sp³-hybridized carbons (Fsp3) is 0.308. The highest BCUT2D eigenvalue weighted by Gasteiger charge is 2.06.